The van der Waals surface area contributed by atoms with Gasteiger partial charge in [-0.05, 0) is 35.8 Å². The number of carbonyl (C=O) groups is 2. The third kappa shape index (κ3) is 4.56. The van der Waals surface area contributed by atoms with Gasteiger partial charge >= 0.3 is 5.97 Å². The van der Waals surface area contributed by atoms with E-state index in [0.717, 1.165) is 5.39 Å². The van der Waals surface area contributed by atoms with Crippen LogP contribution < -0.4 is 15.6 Å². The van der Waals surface area contributed by atoms with Crippen LogP contribution in [-0.4, -0.2) is 19.0 Å². The normalized spacial score (nSPS) is 11.3. The zero-order valence-electron chi connectivity index (χ0n) is 15.6. The number of nitrogens with zero attached hydrogens (tertiary/aromatic N) is 1. The van der Waals surface area contributed by atoms with Crippen LogP contribution in [0.25, 0.3) is 11.0 Å². The number of hydrogen-bond acceptors (Lipinski definition) is 6. The van der Waals surface area contributed by atoms with Crippen molar-refractivity contribution >= 4 is 28.5 Å². The molecule has 3 rings (SSSR count). The van der Waals surface area contributed by atoms with E-state index in [9.17, 15) is 9.59 Å². The van der Waals surface area contributed by atoms with Crippen LogP contribution in [0, 0.1) is 0 Å². The Kier molecular flexibility index (Phi) is 6.06. The lowest BCUT2D eigenvalue weighted by atomic mass is 10.1. The smallest absolute Gasteiger partial charge is 0.335 e. The molecule has 0 aliphatic rings. The molecule has 0 atom stereocenters. The summed E-state index contributed by atoms with van der Waals surface area (Å²) in [5.74, 6) is -0.336. The van der Waals surface area contributed by atoms with Crippen LogP contribution in [0.4, 0.5) is 5.69 Å². The third-order valence-electron chi connectivity index (χ3n) is 3.91. The van der Waals surface area contributed by atoms with Crippen LogP contribution in [0.5, 0.6) is 5.75 Å². The molecule has 144 valence electrons. The van der Waals surface area contributed by atoms with Crippen LogP contribution in [0.2, 0.25) is 0 Å². The van der Waals surface area contributed by atoms with Crippen LogP contribution in [-0.2, 0) is 9.63 Å². The summed E-state index contributed by atoms with van der Waals surface area (Å²) in [4.78, 5) is 29.4. The quantitative estimate of drug-likeness (QED) is 0.518. The number of methoxy groups -OCH3 is 1. The highest BCUT2D eigenvalue weighted by Crippen LogP contribution is 2.18. The molecular weight excluding hydrogens is 360 g/mol. The molecule has 1 heterocycles. The number of hydrogen-bond donors (Lipinski definition) is 1. The molecule has 0 bridgehead atoms. The monoisotopic (exact) mass is 380 g/mol. The van der Waals surface area contributed by atoms with E-state index in [2.05, 4.69) is 10.5 Å². The molecule has 1 N–H and O–H groups in total. The molecule has 7 nitrogen and oxygen atoms in total. The number of anilines is 1. The first-order chi connectivity index (χ1) is 13.6. The maximum absolute atomic E-state index is 12.8. The van der Waals surface area contributed by atoms with E-state index < -0.39 is 11.9 Å². The van der Waals surface area contributed by atoms with Gasteiger partial charge in [0, 0.05) is 23.6 Å². The molecule has 1 amide bonds. The number of carbonyl (C=O) groups excluding carboxylic acids is 2. The Morgan fingerprint density at radius 2 is 1.93 bits per heavy atom. The van der Waals surface area contributed by atoms with Crippen molar-refractivity contribution in [3.8, 4) is 5.75 Å². The van der Waals surface area contributed by atoms with Gasteiger partial charge in [-0.15, -0.1) is 0 Å². The van der Waals surface area contributed by atoms with Crippen molar-refractivity contribution < 1.29 is 23.6 Å². The van der Waals surface area contributed by atoms with Gasteiger partial charge in [0.25, 0.3) is 11.5 Å². The lowest BCUT2D eigenvalue weighted by molar-refractivity contribution is -0.144. The first-order valence-electron chi connectivity index (χ1n) is 8.83. The Morgan fingerprint density at radius 3 is 2.71 bits per heavy atom. The minimum Gasteiger partial charge on any atom is -0.497 e. The number of rotatable bonds is 6. The molecule has 0 saturated heterocycles. The second-order valence-electron chi connectivity index (χ2n) is 5.99. The maximum Gasteiger partial charge on any atom is 0.335 e. The number of nitrogens with one attached hydrogen (secondary N) is 1. The summed E-state index contributed by atoms with van der Waals surface area (Å²) in [6.07, 6.45) is 0.856. The van der Waals surface area contributed by atoms with E-state index in [1.165, 1.54) is 0 Å². The number of amides is 1. The predicted octanol–water partition coefficient (Wildman–Crippen LogP) is 3.85. The lowest BCUT2D eigenvalue weighted by Gasteiger charge is -2.08. The molecule has 0 radical (unpaired) electrons. The van der Waals surface area contributed by atoms with Crippen molar-refractivity contribution in [3.05, 3.63) is 65.7 Å². The highest BCUT2D eigenvalue weighted by atomic mass is 16.7. The van der Waals surface area contributed by atoms with Crippen LogP contribution in [0.15, 0.2) is 64.2 Å². The van der Waals surface area contributed by atoms with Crippen molar-refractivity contribution in [2.24, 2.45) is 5.16 Å². The van der Waals surface area contributed by atoms with Gasteiger partial charge in [0.05, 0.1) is 7.11 Å². The minimum absolute atomic E-state index is 0.0800. The first-order valence-corrected chi connectivity index (χ1v) is 8.83. The van der Waals surface area contributed by atoms with E-state index in [-0.39, 0.29) is 17.5 Å². The highest BCUT2D eigenvalue weighted by molar-refractivity contribution is 6.05. The van der Waals surface area contributed by atoms with Crippen molar-refractivity contribution in [3.63, 3.8) is 0 Å². The molecule has 0 unspecified atom stereocenters. The minimum atomic E-state index is -0.495. The van der Waals surface area contributed by atoms with E-state index in [1.54, 1.807) is 49.6 Å². The van der Waals surface area contributed by atoms with Gasteiger partial charge in [0.15, 0.2) is 0 Å². The van der Waals surface area contributed by atoms with Gasteiger partial charge < -0.3 is 19.3 Å². The fourth-order valence-corrected chi connectivity index (χ4v) is 2.54. The number of ether oxygens (including phenoxy) is 1. The molecule has 28 heavy (non-hydrogen) atoms. The van der Waals surface area contributed by atoms with Gasteiger partial charge in [-0.25, -0.2) is 4.79 Å². The van der Waals surface area contributed by atoms with Crippen molar-refractivity contribution in [2.75, 3.05) is 12.4 Å². The highest BCUT2D eigenvalue weighted by Gasteiger charge is 2.14. The Labute approximate surface area is 161 Å². The first kappa shape index (κ1) is 19.2. The Hall–Kier alpha value is -3.61. The maximum atomic E-state index is 12.8. The summed E-state index contributed by atoms with van der Waals surface area (Å²) >= 11 is 0. The number of fused-ring (bicyclic) bond motifs is 1. The van der Waals surface area contributed by atoms with Gasteiger partial charge in [-0.1, -0.05) is 31.2 Å². The van der Waals surface area contributed by atoms with Crippen molar-refractivity contribution in [1.82, 2.24) is 0 Å². The molecule has 0 fully saturated rings. The SMILES string of the molecule is CCCC(=O)O/N=c1\oc2ccccc2cc1C(=O)Nc1cccc(OC)c1. The summed E-state index contributed by atoms with van der Waals surface area (Å²) in [5.41, 5.74) is 1.13. The zero-order valence-corrected chi connectivity index (χ0v) is 15.6. The summed E-state index contributed by atoms with van der Waals surface area (Å²) in [6.45, 7) is 1.86. The summed E-state index contributed by atoms with van der Waals surface area (Å²) < 4.78 is 10.9. The van der Waals surface area contributed by atoms with Gasteiger partial charge in [0.1, 0.15) is 16.9 Å². The van der Waals surface area contributed by atoms with Gasteiger partial charge in [-0.3, -0.25) is 4.79 Å². The summed E-state index contributed by atoms with van der Waals surface area (Å²) in [5, 5.41) is 7.26. The Morgan fingerprint density at radius 1 is 1.11 bits per heavy atom. The van der Waals surface area contributed by atoms with Crippen LogP contribution in [0.3, 0.4) is 0 Å². The van der Waals surface area contributed by atoms with Gasteiger partial charge in [0.2, 0.25) is 0 Å². The van der Waals surface area contributed by atoms with E-state index >= 15 is 0 Å². The Bertz CT molecular complexity index is 1070. The number of para-hydroxylation sites is 1. The molecule has 0 aliphatic carbocycles. The molecule has 1 aromatic heterocycles. The molecule has 0 saturated carbocycles. The van der Waals surface area contributed by atoms with Crippen LogP contribution in [0.1, 0.15) is 30.1 Å². The standard InChI is InChI=1S/C21H20N2O5/c1-3-7-19(24)28-23-21-17(12-14-8-4-5-11-18(14)27-21)20(25)22-15-9-6-10-16(13-15)26-2/h4-6,8-13H,3,7H2,1-2H3,(H,22,25)/b23-21-. The predicted molar refractivity (Wildman–Crippen MR) is 104 cm³/mol. The molecule has 3 aromatic rings. The molecule has 0 aliphatic heterocycles. The van der Waals surface area contributed by atoms with Crippen LogP contribution >= 0.6 is 0 Å². The lowest BCUT2D eigenvalue weighted by Crippen LogP contribution is -2.22. The molecule has 0 spiro atoms. The van der Waals surface area contributed by atoms with E-state index in [4.69, 9.17) is 14.0 Å². The van der Waals surface area contributed by atoms with Crippen molar-refractivity contribution in [2.45, 2.75) is 19.8 Å². The van der Waals surface area contributed by atoms with Gasteiger partial charge in [-0.2, -0.15) is 0 Å². The largest absolute Gasteiger partial charge is 0.497 e. The molecule has 7 heteroatoms. The second kappa shape index (κ2) is 8.85. The molecular formula is C21H20N2O5. The zero-order chi connectivity index (χ0) is 19.9. The molecule has 2 aromatic carbocycles. The van der Waals surface area contributed by atoms with E-state index in [1.807, 2.05) is 19.1 Å². The fraction of sp³-hybridized carbons (Fsp3) is 0.190. The van der Waals surface area contributed by atoms with E-state index in [0.29, 0.717) is 23.4 Å². The number of benzene rings is 2. The fourth-order valence-electron chi connectivity index (χ4n) is 2.54. The second-order valence-corrected chi connectivity index (χ2v) is 5.99. The average molecular weight is 380 g/mol. The third-order valence-corrected chi connectivity index (χ3v) is 3.91. The average Bonchev–Trinajstić information content (AvgIpc) is 2.71. The van der Waals surface area contributed by atoms with Crippen molar-refractivity contribution in [1.29, 1.82) is 0 Å². The summed E-state index contributed by atoms with van der Waals surface area (Å²) in [6, 6.07) is 15.8. The Balaban J connectivity index is 1.99. The topological polar surface area (TPSA) is 90.1 Å². The summed E-state index contributed by atoms with van der Waals surface area (Å²) in [7, 11) is 1.55.